The summed E-state index contributed by atoms with van der Waals surface area (Å²) in [4.78, 5) is 15.0. The second kappa shape index (κ2) is 4.73. The maximum absolute atomic E-state index is 11.1. The van der Waals surface area contributed by atoms with Gasteiger partial charge in [-0.3, -0.25) is 10.1 Å². The summed E-state index contributed by atoms with van der Waals surface area (Å²) in [5.74, 6) is -0.435. The Morgan fingerprint density at radius 1 is 1.69 bits per heavy atom. The third-order valence-electron chi connectivity index (χ3n) is 2.33. The number of rotatable bonds is 4. The van der Waals surface area contributed by atoms with E-state index < -0.39 is 11.4 Å². The van der Waals surface area contributed by atoms with E-state index in [1.807, 2.05) is 6.07 Å². The predicted molar refractivity (Wildman–Crippen MR) is 59.1 cm³/mol. The van der Waals surface area contributed by atoms with Crippen LogP contribution in [0.5, 0.6) is 0 Å². The highest BCUT2D eigenvalue weighted by Gasteiger charge is 2.23. The molecule has 0 radical (unpaired) electrons. The Balaban J connectivity index is 2.76. The number of carbonyl (C=O) groups is 1. The van der Waals surface area contributed by atoms with Crippen LogP contribution in [-0.2, 0) is 11.3 Å². The molecule has 0 saturated carbocycles. The molecule has 1 amide bonds. The number of amides is 1. The number of nitrogens with zero attached hydrogens (tertiary/aromatic N) is 2. The van der Waals surface area contributed by atoms with E-state index in [9.17, 15) is 4.79 Å². The number of nitriles is 1. The van der Waals surface area contributed by atoms with E-state index in [0.29, 0.717) is 12.2 Å². The molecule has 0 fully saturated rings. The van der Waals surface area contributed by atoms with Crippen molar-refractivity contribution in [3.63, 3.8) is 0 Å². The first-order valence-electron chi connectivity index (χ1n) is 4.86. The molecular formula is C11H14N4O. The van der Waals surface area contributed by atoms with Crippen LogP contribution in [-0.4, -0.2) is 16.4 Å². The predicted octanol–water partition coefficient (Wildman–Crippen LogP) is 0.307. The molecule has 0 spiro atoms. The van der Waals surface area contributed by atoms with Crippen molar-refractivity contribution < 1.29 is 4.79 Å². The zero-order chi connectivity index (χ0) is 12.2. The standard InChI is InChI=1S/C11H14N4O/c1-11(2,10(13)16)15-7-8-4-3-5-14-9(8)6-12/h3-5,15H,7H2,1-2H3,(H2,13,16). The molecule has 1 aromatic heterocycles. The lowest BCUT2D eigenvalue weighted by atomic mass is 10.0. The summed E-state index contributed by atoms with van der Waals surface area (Å²) in [5, 5.41) is 11.8. The quantitative estimate of drug-likeness (QED) is 0.760. The summed E-state index contributed by atoms with van der Waals surface area (Å²) in [7, 11) is 0. The molecule has 1 aromatic rings. The number of nitrogens with two attached hydrogens (primary N) is 1. The highest BCUT2D eigenvalue weighted by molar-refractivity contribution is 5.83. The van der Waals surface area contributed by atoms with Gasteiger partial charge in [0, 0.05) is 18.3 Å². The van der Waals surface area contributed by atoms with Crippen molar-refractivity contribution in [3.8, 4) is 6.07 Å². The molecule has 0 unspecified atom stereocenters. The van der Waals surface area contributed by atoms with Gasteiger partial charge in [0.05, 0.1) is 5.54 Å². The average molecular weight is 218 g/mol. The molecule has 0 atom stereocenters. The maximum Gasteiger partial charge on any atom is 0.237 e. The molecule has 0 bridgehead atoms. The minimum atomic E-state index is -0.803. The molecule has 0 aliphatic rings. The molecule has 3 N–H and O–H groups in total. The Labute approximate surface area is 94.3 Å². The van der Waals surface area contributed by atoms with Crippen LogP contribution in [0.4, 0.5) is 0 Å². The van der Waals surface area contributed by atoms with Crippen molar-refractivity contribution in [2.75, 3.05) is 0 Å². The number of aromatic nitrogens is 1. The first-order valence-corrected chi connectivity index (χ1v) is 4.86. The summed E-state index contributed by atoms with van der Waals surface area (Å²) in [5.41, 5.74) is 5.53. The zero-order valence-electron chi connectivity index (χ0n) is 9.32. The van der Waals surface area contributed by atoms with E-state index >= 15 is 0 Å². The molecule has 1 rings (SSSR count). The highest BCUT2D eigenvalue weighted by atomic mass is 16.1. The fourth-order valence-electron chi connectivity index (χ4n) is 1.09. The van der Waals surface area contributed by atoms with Crippen LogP contribution < -0.4 is 11.1 Å². The van der Waals surface area contributed by atoms with E-state index in [0.717, 1.165) is 5.56 Å². The Kier molecular flexibility index (Phi) is 3.59. The minimum Gasteiger partial charge on any atom is -0.368 e. The first kappa shape index (κ1) is 12.1. The van der Waals surface area contributed by atoms with Crippen molar-refractivity contribution in [3.05, 3.63) is 29.6 Å². The van der Waals surface area contributed by atoms with Crippen LogP contribution in [0.25, 0.3) is 0 Å². The van der Waals surface area contributed by atoms with Crippen LogP contribution in [0.2, 0.25) is 0 Å². The molecule has 16 heavy (non-hydrogen) atoms. The van der Waals surface area contributed by atoms with Gasteiger partial charge in [0.25, 0.3) is 0 Å². The molecular weight excluding hydrogens is 204 g/mol. The van der Waals surface area contributed by atoms with Gasteiger partial charge in [-0.05, 0) is 19.9 Å². The lowest BCUT2D eigenvalue weighted by Crippen LogP contribution is -2.50. The number of carbonyl (C=O) groups excluding carboxylic acids is 1. The van der Waals surface area contributed by atoms with Crippen molar-refractivity contribution in [2.24, 2.45) is 5.73 Å². The van der Waals surface area contributed by atoms with Gasteiger partial charge in [-0.1, -0.05) is 6.07 Å². The molecule has 0 saturated heterocycles. The third kappa shape index (κ3) is 2.78. The number of nitrogens with one attached hydrogen (secondary N) is 1. The SMILES string of the molecule is CC(C)(NCc1cccnc1C#N)C(N)=O. The Bertz CT molecular complexity index is 434. The zero-order valence-corrected chi connectivity index (χ0v) is 9.32. The van der Waals surface area contributed by atoms with Crippen LogP contribution in [0, 0.1) is 11.3 Å². The summed E-state index contributed by atoms with van der Waals surface area (Å²) in [6.45, 7) is 3.77. The van der Waals surface area contributed by atoms with Gasteiger partial charge in [-0.25, -0.2) is 4.98 Å². The molecule has 0 aliphatic carbocycles. The maximum atomic E-state index is 11.1. The van der Waals surface area contributed by atoms with Crippen LogP contribution in [0.15, 0.2) is 18.3 Å². The van der Waals surface area contributed by atoms with Crippen LogP contribution in [0.3, 0.4) is 0 Å². The van der Waals surface area contributed by atoms with E-state index in [1.165, 1.54) is 0 Å². The van der Waals surface area contributed by atoms with Crippen molar-refractivity contribution in [1.29, 1.82) is 5.26 Å². The molecule has 0 aromatic carbocycles. The summed E-state index contributed by atoms with van der Waals surface area (Å²) in [6, 6.07) is 5.53. The fourth-order valence-corrected chi connectivity index (χ4v) is 1.09. The molecule has 5 nitrogen and oxygen atoms in total. The monoisotopic (exact) mass is 218 g/mol. The van der Waals surface area contributed by atoms with Crippen molar-refractivity contribution >= 4 is 5.91 Å². The van der Waals surface area contributed by atoms with Crippen LogP contribution >= 0.6 is 0 Å². The van der Waals surface area contributed by atoms with Crippen LogP contribution in [0.1, 0.15) is 25.1 Å². The normalized spacial score (nSPS) is 10.8. The topological polar surface area (TPSA) is 91.8 Å². The van der Waals surface area contributed by atoms with Gasteiger partial charge in [0.1, 0.15) is 11.8 Å². The Morgan fingerprint density at radius 3 is 2.94 bits per heavy atom. The molecule has 1 heterocycles. The molecule has 5 heteroatoms. The van der Waals surface area contributed by atoms with E-state index in [-0.39, 0.29) is 0 Å². The third-order valence-corrected chi connectivity index (χ3v) is 2.33. The van der Waals surface area contributed by atoms with Gasteiger partial charge in [0.2, 0.25) is 5.91 Å². The Morgan fingerprint density at radius 2 is 2.38 bits per heavy atom. The lowest BCUT2D eigenvalue weighted by Gasteiger charge is -2.22. The van der Waals surface area contributed by atoms with E-state index in [1.54, 1.807) is 32.2 Å². The van der Waals surface area contributed by atoms with Gasteiger partial charge in [-0.2, -0.15) is 5.26 Å². The first-order chi connectivity index (χ1) is 7.47. The second-order valence-electron chi connectivity index (χ2n) is 3.97. The average Bonchev–Trinajstić information content (AvgIpc) is 2.26. The summed E-state index contributed by atoms with van der Waals surface area (Å²) < 4.78 is 0. The summed E-state index contributed by atoms with van der Waals surface area (Å²) in [6.07, 6.45) is 1.56. The number of hydrogen-bond donors (Lipinski definition) is 2. The van der Waals surface area contributed by atoms with Crippen molar-refractivity contribution in [1.82, 2.24) is 10.3 Å². The molecule has 0 aliphatic heterocycles. The van der Waals surface area contributed by atoms with Gasteiger partial charge >= 0.3 is 0 Å². The second-order valence-corrected chi connectivity index (χ2v) is 3.97. The largest absolute Gasteiger partial charge is 0.368 e. The Hall–Kier alpha value is -1.93. The molecule has 84 valence electrons. The van der Waals surface area contributed by atoms with E-state index in [4.69, 9.17) is 11.0 Å². The van der Waals surface area contributed by atoms with Gasteiger partial charge in [0.15, 0.2) is 0 Å². The summed E-state index contributed by atoms with van der Waals surface area (Å²) >= 11 is 0. The fraction of sp³-hybridized carbons (Fsp3) is 0.364. The minimum absolute atomic E-state index is 0.357. The van der Waals surface area contributed by atoms with Gasteiger partial charge in [-0.15, -0.1) is 0 Å². The number of hydrogen-bond acceptors (Lipinski definition) is 4. The van der Waals surface area contributed by atoms with Gasteiger partial charge < -0.3 is 5.73 Å². The number of primary amides is 1. The lowest BCUT2D eigenvalue weighted by molar-refractivity contribution is -0.123. The number of pyridine rings is 1. The smallest absolute Gasteiger partial charge is 0.237 e. The highest BCUT2D eigenvalue weighted by Crippen LogP contribution is 2.07. The van der Waals surface area contributed by atoms with Crippen molar-refractivity contribution in [2.45, 2.75) is 25.9 Å². The van der Waals surface area contributed by atoms with E-state index in [2.05, 4.69) is 10.3 Å².